The lowest BCUT2D eigenvalue weighted by molar-refractivity contribution is 0.0782. The van der Waals surface area contributed by atoms with Gasteiger partial charge in [0.05, 0.1) is 30.9 Å². The van der Waals surface area contributed by atoms with Crippen molar-refractivity contribution in [1.82, 2.24) is 24.8 Å². The van der Waals surface area contributed by atoms with E-state index in [4.69, 9.17) is 9.72 Å². The Labute approximate surface area is 198 Å². The zero-order chi connectivity index (χ0) is 23.7. The van der Waals surface area contributed by atoms with Gasteiger partial charge < -0.3 is 24.8 Å². The second-order valence-electron chi connectivity index (χ2n) is 8.76. The summed E-state index contributed by atoms with van der Waals surface area (Å²) in [5.41, 5.74) is 4.01. The van der Waals surface area contributed by atoms with Crippen molar-refractivity contribution < 1.29 is 9.53 Å². The van der Waals surface area contributed by atoms with Crippen LogP contribution in [-0.2, 0) is 0 Å². The summed E-state index contributed by atoms with van der Waals surface area (Å²) < 4.78 is 5.59. The zero-order valence-electron chi connectivity index (χ0n) is 19.6. The van der Waals surface area contributed by atoms with Crippen LogP contribution in [0.4, 0.5) is 11.5 Å². The lowest BCUT2D eigenvalue weighted by Crippen LogP contribution is -2.34. The number of aromatic amines is 1. The van der Waals surface area contributed by atoms with Gasteiger partial charge in [0, 0.05) is 35.6 Å². The van der Waals surface area contributed by atoms with Crippen molar-refractivity contribution in [2.24, 2.45) is 0 Å². The molecule has 8 heteroatoms. The Morgan fingerprint density at radius 3 is 2.79 bits per heavy atom. The number of rotatable bonds is 6. The molecule has 1 unspecified atom stereocenters. The third-order valence-electron chi connectivity index (χ3n) is 6.33. The van der Waals surface area contributed by atoms with E-state index in [-0.39, 0.29) is 5.91 Å². The maximum Gasteiger partial charge on any atom is 0.254 e. The van der Waals surface area contributed by atoms with Gasteiger partial charge in [-0.1, -0.05) is 18.2 Å². The first-order chi connectivity index (χ1) is 16.5. The number of fused-ring (bicyclic) bond motifs is 1. The summed E-state index contributed by atoms with van der Waals surface area (Å²) in [6.45, 7) is 1.50. The van der Waals surface area contributed by atoms with Gasteiger partial charge in [-0.2, -0.15) is 0 Å². The molecule has 1 amide bonds. The topological polar surface area (TPSA) is 86.4 Å². The second kappa shape index (κ2) is 9.15. The normalized spacial score (nSPS) is 15.8. The zero-order valence-corrected chi connectivity index (χ0v) is 19.6. The minimum absolute atomic E-state index is 0.0230. The third kappa shape index (κ3) is 4.32. The van der Waals surface area contributed by atoms with E-state index >= 15 is 0 Å². The first-order valence-electron chi connectivity index (χ1n) is 11.3. The molecule has 2 aromatic heterocycles. The number of nitrogens with zero attached hydrogens (tertiary/aromatic N) is 4. The van der Waals surface area contributed by atoms with E-state index < -0.39 is 0 Å². The number of benzene rings is 2. The van der Waals surface area contributed by atoms with E-state index in [9.17, 15) is 4.79 Å². The fraction of sp³-hybridized carbons (Fsp3) is 0.269. The summed E-state index contributed by atoms with van der Waals surface area (Å²) in [7, 11) is 5.70. The summed E-state index contributed by atoms with van der Waals surface area (Å²) in [6.07, 6.45) is 4.38. The molecule has 1 atom stereocenters. The van der Waals surface area contributed by atoms with Crippen molar-refractivity contribution in [3.05, 3.63) is 66.5 Å². The number of likely N-dealkylation sites (tertiary alicyclic amines) is 1. The van der Waals surface area contributed by atoms with Gasteiger partial charge in [0.15, 0.2) is 0 Å². The molecule has 0 radical (unpaired) electrons. The number of anilines is 2. The van der Waals surface area contributed by atoms with Gasteiger partial charge in [-0.25, -0.2) is 4.98 Å². The number of methoxy groups -OCH3 is 1. The van der Waals surface area contributed by atoms with E-state index in [0.29, 0.717) is 23.2 Å². The van der Waals surface area contributed by atoms with Gasteiger partial charge >= 0.3 is 0 Å². The van der Waals surface area contributed by atoms with Crippen molar-refractivity contribution in [2.45, 2.75) is 12.5 Å². The van der Waals surface area contributed by atoms with Crippen molar-refractivity contribution in [1.29, 1.82) is 0 Å². The Kier molecular flexibility index (Phi) is 5.90. The van der Waals surface area contributed by atoms with Crippen molar-refractivity contribution >= 4 is 28.3 Å². The average molecular weight is 457 g/mol. The van der Waals surface area contributed by atoms with Crippen molar-refractivity contribution in [3.8, 4) is 17.1 Å². The van der Waals surface area contributed by atoms with Gasteiger partial charge in [-0.05, 0) is 50.8 Å². The quantitative estimate of drug-likeness (QED) is 0.453. The van der Waals surface area contributed by atoms with Crippen LogP contribution in [0.15, 0.2) is 60.9 Å². The van der Waals surface area contributed by atoms with Crippen LogP contribution in [0, 0.1) is 0 Å². The molecule has 5 rings (SSSR count). The van der Waals surface area contributed by atoms with Gasteiger partial charge in [0.1, 0.15) is 17.3 Å². The molecule has 0 spiro atoms. The van der Waals surface area contributed by atoms with Crippen LogP contribution in [0.3, 0.4) is 0 Å². The fourth-order valence-corrected chi connectivity index (χ4v) is 4.36. The summed E-state index contributed by atoms with van der Waals surface area (Å²) in [6, 6.07) is 16.0. The highest BCUT2D eigenvalue weighted by Gasteiger charge is 2.28. The van der Waals surface area contributed by atoms with Crippen molar-refractivity contribution in [2.75, 3.05) is 39.6 Å². The van der Waals surface area contributed by atoms with Crippen LogP contribution in [0.25, 0.3) is 22.3 Å². The average Bonchev–Trinajstić information content (AvgIpc) is 3.52. The molecule has 0 saturated carbocycles. The number of carbonyl (C=O) groups is 1. The van der Waals surface area contributed by atoms with Crippen LogP contribution >= 0.6 is 0 Å². The maximum absolute atomic E-state index is 13.0. The highest BCUT2D eigenvalue weighted by atomic mass is 16.5. The summed E-state index contributed by atoms with van der Waals surface area (Å²) >= 11 is 0. The molecule has 0 aliphatic carbocycles. The number of likely N-dealkylation sites (N-methyl/N-ethyl adjacent to an activating group) is 1. The van der Waals surface area contributed by atoms with Crippen molar-refractivity contribution in [3.63, 3.8) is 0 Å². The van der Waals surface area contributed by atoms with Crippen LogP contribution in [0.1, 0.15) is 16.8 Å². The Morgan fingerprint density at radius 1 is 1.18 bits per heavy atom. The lowest BCUT2D eigenvalue weighted by Gasteiger charge is -2.21. The molecule has 3 heterocycles. The van der Waals surface area contributed by atoms with E-state index in [0.717, 1.165) is 47.5 Å². The van der Waals surface area contributed by atoms with E-state index in [1.165, 1.54) is 0 Å². The number of carbonyl (C=O) groups excluding carboxylic acids is 1. The minimum Gasteiger partial charge on any atom is -0.495 e. The van der Waals surface area contributed by atoms with Gasteiger partial charge in [-0.15, -0.1) is 0 Å². The summed E-state index contributed by atoms with van der Waals surface area (Å²) in [4.78, 5) is 29.6. The molecule has 1 aliphatic rings. The molecule has 174 valence electrons. The van der Waals surface area contributed by atoms with Gasteiger partial charge in [0.2, 0.25) is 0 Å². The SMILES string of the molecule is COc1cc(C(=O)N2CCC(N(C)C)C2)ccc1Nc1cncc(-c2cc3ccccc3[nH]2)n1. The number of amides is 1. The number of hydrogen-bond donors (Lipinski definition) is 2. The minimum atomic E-state index is 0.0230. The van der Waals surface area contributed by atoms with Crippen LogP contribution < -0.4 is 10.1 Å². The van der Waals surface area contributed by atoms with Crippen LogP contribution in [-0.4, -0.2) is 71.0 Å². The number of H-pyrrole nitrogens is 1. The van der Waals surface area contributed by atoms with Crippen LogP contribution in [0.2, 0.25) is 0 Å². The third-order valence-corrected chi connectivity index (χ3v) is 6.33. The molecule has 8 nitrogen and oxygen atoms in total. The monoisotopic (exact) mass is 456 g/mol. The first kappa shape index (κ1) is 21.9. The van der Waals surface area contributed by atoms with Gasteiger partial charge in [0.25, 0.3) is 5.91 Å². The number of para-hydroxylation sites is 1. The van der Waals surface area contributed by atoms with Gasteiger partial charge in [-0.3, -0.25) is 9.78 Å². The predicted octanol–water partition coefficient (Wildman–Crippen LogP) is 4.15. The fourth-order valence-electron chi connectivity index (χ4n) is 4.36. The molecule has 1 saturated heterocycles. The molecule has 4 aromatic rings. The predicted molar refractivity (Wildman–Crippen MR) is 134 cm³/mol. The smallest absolute Gasteiger partial charge is 0.254 e. The lowest BCUT2D eigenvalue weighted by atomic mass is 10.1. The highest BCUT2D eigenvalue weighted by Crippen LogP contribution is 2.30. The van der Waals surface area contributed by atoms with Crippen LogP contribution in [0.5, 0.6) is 5.75 Å². The van der Waals surface area contributed by atoms with E-state index in [2.05, 4.69) is 46.4 Å². The molecular weight excluding hydrogens is 428 g/mol. The summed E-state index contributed by atoms with van der Waals surface area (Å²) in [5, 5.41) is 4.40. The number of hydrogen-bond acceptors (Lipinski definition) is 6. The molecule has 34 heavy (non-hydrogen) atoms. The Morgan fingerprint density at radius 2 is 2.03 bits per heavy atom. The van der Waals surface area contributed by atoms with E-state index in [1.807, 2.05) is 35.2 Å². The number of nitrogens with one attached hydrogen (secondary N) is 2. The first-order valence-corrected chi connectivity index (χ1v) is 11.3. The highest BCUT2D eigenvalue weighted by molar-refractivity contribution is 5.95. The Hall–Kier alpha value is -3.91. The Bertz CT molecular complexity index is 1300. The molecule has 0 bridgehead atoms. The standard InChI is InChI=1S/C26H28N6O2/c1-31(2)19-10-11-32(16-19)26(33)18-8-9-21(24(13-18)34-3)29-25-15-27-14-23(30-25)22-12-17-6-4-5-7-20(17)28-22/h4-9,12-15,19,28H,10-11,16H2,1-3H3,(H,29,30). The van der Waals surface area contributed by atoms with E-state index in [1.54, 1.807) is 25.6 Å². The second-order valence-corrected chi connectivity index (χ2v) is 8.76. The number of ether oxygens (including phenoxy) is 1. The molecule has 1 aliphatic heterocycles. The molecule has 2 N–H and O–H groups in total. The largest absolute Gasteiger partial charge is 0.495 e. The summed E-state index contributed by atoms with van der Waals surface area (Å²) in [5.74, 6) is 1.18. The Balaban J connectivity index is 1.35. The molecule has 2 aromatic carbocycles. The maximum atomic E-state index is 13.0. The molecule has 1 fully saturated rings. The molecular formula is C26H28N6O2. The number of aromatic nitrogens is 3.